The number of methoxy groups -OCH3 is 2. The van der Waals surface area contributed by atoms with Crippen molar-refractivity contribution in [3.8, 4) is 11.5 Å². The van der Waals surface area contributed by atoms with E-state index in [9.17, 15) is 5.11 Å². The number of hydrogen-bond donors (Lipinski definition) is 1. The summed E-state index contributed by atoms with van der Waals surface area (Å²) in [7, 11) is 3.24. The summed E-state index contributed by atoms with van der Waals surface area (Å²) in [5.74, 6) is 1.64. The summed E-state index contributed by atoms with van der Waals surface area (Å²) >= 11 is 0. The van der Waals surface area contributed by atoms with Crippen molar-refractivity contribution in [1.29, 1.82) is 0 Å². The fraction of sp³-hybridized carbons (Fsp3) is 0.625. The van der Waals surface area contributed by atoms with Gasteiger partial charge in [0, 0.05) is 12.5 Å². The van der Waals surface area contributed by atoms with E-state index in [2.05, 4.69) is 6.92 Å². The number of rotatable bonds is 6. The lowest BCUT2D eigenvalue weighted by Gasteiger charge is -2.23. The summed E-state index contributed by atoms with van der Waals surface area (Å²) < 4.78 is 16.2. The lowest BCUT2D eigenvalue weighted by Crippen LogP contribution is -2.29. The zero-order valence-corrected chi connectivity index (χ0v) is 12.5. The van der Waals surface area contributed by atoms with Crippen LogP contribution < -0.4 is 9.47 Å². The van der Waals surface area contributed by atoms with Crippen molar-refractivity contribution in [3.63, 3.8) is 0 Å². The minimum atomic E-state index is -0.374. The molecule has 0 saturated carbocycles. The van der Waals surface area contributed by atoms with Gasteiger partial charge in [-0.1, -0.05) is 13.0 Å². The second-order valence-corrected chi connectivity index (χ2v) is 5.23. The normalized spacial score (nSPS) is 23.6. The third-order valence-corrected chi connectivity index (χ3v) is 4.05. The molecule has 1 heterocycles. The Morgan fingerprint density at radius 3 is 2.70 bits per heavy atom. The fourth-order valence-corrected chi connectivity index (χ4v) is 2.93. The smallest absolute Gasteiger partial charge is 0.160 e. The van der Waals surface area contributed by atoms with Crippen molar-refractivity contribution in [1.82, 2.24) is 0 Å². The van der Waals surface area contributed by atoms with Gasteiger partial charge in [-0.25, -0.2) is 0 Å². The van der Waals surface area contributed by atoms with Crippen molar-refractivity contribution in [2.24, 2.45) is 5.92 Å². The Hall–Kier alpha value is -1.26. The number of aliphatic hydroxyl groups is 1. The zero-order valence-electron chi connectivity index (χ0n) is 12.5. The highest BCUT2D eigenvalue weighted by molar-refractivity contribution is 5.43. The molecule has 1 aliphatic rings. The van der Waals surface area contributed by atoms with Gasteiger partial charge < -0.3 is 19.3 Å². The molecule has 0 radical (unpaired) electrons. The largest absolute Gasteiger partial charge is 0.493 e. The third-order valence-electron chi connectivity index (χ3n) is 4.05. The van der Waals surface area contributed by atoms with Crippen LogP contribution in [0.1, 0.15) is 25.3 Å². The van der Waals surface area contributed by atoms with Crippen molar-refractivity contribution in [3.05, 3.63) is 23.8 Å². The van der Waals surface area contributed by atoms with Crippen LogP contribution in [0.15, 0.2) is 18.2 Å². The van der Waals surface area contributed by atoms with E-state index in [1.165, 1.54) is 0 Å². The maximum atomic E-state index is 10.4. The summed E-state index contributed by atoms with van der Waals surface area (Å²) in [5.41, 5.74) is 1.05. The van der Waals surface area contributed by atoms with Crippen LogP contribution >= 0.6 is 0 Å². The average molecular weight is 280 g/mol. The third kappa shape index (κ3) is 3.25. The molecule has 4 nitrogen and oxygen atoms in total. The lowest BCUT2D eigenvalue weighted by molar-refractivity contribution is 0.0317. The standard InChI is InChI=1S/C16H24O4/c1-4-14-12(7-8-20-14)13(17)9-11-5-6-15(18-2)16(10-11)19-3/h5-6,10,12-14,17H,4,7-9H2,1-3H3. The SMILES string of the molecule is CCC1OCCC1C(O)Cc1ccc(OC)c(OC)c1. The predicted octanol–water partition coefficient (Wildman–Crippen LogP) is 2.42. The molecule has 112 valence electrons. The minimum absolute atomic E-state index is 0.185. The van der Waals surface area contributed by atoms with Gasteiger partial charge in [0.2, 0.25) is 0 Å². The van der Waals surface area contributed by atoms with Gasteiger partial charge in [-0.2, -0.15) is 0 Å². The van der Waals surface area contributed by atoms with Crippen LogP contribution in [0.5, 0.6) is 11.5 Å². The topological polar surface area (TPSA) is 47.9 Å². The van der Waals surface area contributed by atoms with E-state index >= 15 is 0 Å². The van der Waals surface area contributed by atoms with Crippen LogP contribution in [-0.4, -0.2) is 38.1 Å². The maximum absolute atomic E-state index is 10.4. The van der Waals surface area contributed by atoms with Gasteiger partial charge in [0.15, 0.2) is 11.5 Å². The van der Waals surface area contributed by atoms with Crippen molar-refractivity contribution in [2.75, 3.05) is 20.8 Å². The van der Waals surface area contributed by atoms with Crippen LogP contribution in [0.2, 0.25) is 0 Å². The van der Waals surface area contributed by atoms with E-state index in [0.29, 0.717) is 17.9 Å². The molecule has 1 saturated heterocycles. The average Bonchev–Trinajstić information content (AvgIpc) is 2.95. The highest BCUT2D eigenvalue weighted by Gasteiger charge is 2.32. The van der Waals surface area contributed by atoms with Crippen molar-refractivity contribution >= 4 is 0 Å². The molecule has 0 spiro atoms. The summed E-state index contributed by atoms with van der Waals surface area (Å²) in [6.07, 6.45) is 2.32. The van der Waals surface area contributed by atoms with Crippen molar-refractivity contribution in [2.45, 2.75) is 38.4 Å². The molecule has 0 aromatic heterocycles. The predicted molar refractivity (Wildman–Crippen MR) is 77.4 cm³/mol. The van der Waals surface area contributed by atoms with Gasteiger partial charge in [0.1, 0.15) is 0 Å². The zero-order chi connectivity index (χ0) is 14.5. The summed E-state index contributed by atoms with van der Waals surface area (Å²) in [5, 5.41) is 10.4. The van der Waals surface area contributed by atoms with E-state index in [1.54, 1.807) is 14.2 Å². The van der Waals surface area contributed by atoms with Crippen LogP contribution in [0.3, 0.4) is 0 Å². The Kier molecular flexibility index (Phi) is 5.26. The molecule has 1 aliphatic heterocycles. The Bertz CT molecular complexity index is 432. The molecule has 3 unspecified atom stereocenters. The first-order valence-corrected chi connectivity index (χ1v) is 7.20. The molecule has 0 bridgehead atoms. The van der Waals surface area contributed by atoms with Crippen LogP contribution in [0, 0.1) is 5.92 Å². The van der Waals surface area contributed by atoms with E-state index in [0.717, 1.165) is 25.0 Å². The molecule has 1 aromatic carbocycles. The molecule has 20 heavy (non-hydrogen) atoms. The molecule has 1 fully saturated rings. The Labute approximate surface area is 120 Å². The van der Waals surface area contributed by atoms with Crippen molar-refractivity contribution < 1.29 is 19.3 Å². The Morgan fingerprint density at radius 2 is 2.05 bits per heavy atom. The molecule has 2 rings (SSSR count). The van der Waals surface area contributed by atoms with Gasteiger partial charge in [0.05, 0.1) is 26.4 Å². The van der Waals surface area contributed by atoms with E-state index in [1.807, 2.05) is 18.2 Å². The molecule has 1 aromatic rings. The Morgan fingerprint density at radius 1 is 1.30 bits per heavy atom. The number of ether oxygens (including phenoxy) is 3. The number of benzene rings is 1. The van der Waals surface area contributed by atoms with Gasteiger partial charge >= 0.3 is 0 Å². The molecular weight excluding hydrogens is 256 g/mol. The molecule has 4 heteroatoms. The molecule has 3 atom stereocenters. The molecular formula is C16H24O4. The quantitative estimate of drug-likeness (QED) is 0.869. The monoisotopic (exact) mass is 280 g/mol. The second-order valence-electron chi connectivity index (χ2n) is 5.23. The molecule has 0 aliphatic carbocycles. The maximum Gasteiger partial charge on any atom is 0.160 e. The lowest BCUT2D eigenvalue weighted by atomic mass is 9.89. The van der Waals surface area contributed by atoms with E-state index in [4.69, 9.17) is 14.2 Å². The van der Waals surface area contributed by atoms with E-state index in [-0.39, 0.29) is 18.1 Å². The van der Waals surface area contributed by atoms with Crippen LogP contribution in [-0.2, 0) is 11.2 Å². The van der Waals surface area contributed by atoms with Gasteiger partial charge in [-0.15, -0.1) is 0 Å². The summed E-state index contributed by atoms with van der Waals surface area (Å²) in [6.45, 7) is 2.86. The van der Waals surface area contributed by atoms with Gasteiger partial charge in [0.25, 0.3) is 0 Å². The first-order valence-electron chi connectivity index (χ1n) is 7.20. The highest BCUT2D eigenvalue weighted by Crippen LogP contribution is 2.31. The summed E-state index contributed by atoms with van der Waals surface area (Å²) in [4.78, 5) is 0. The van der Waals surface area contributed by atoms with Crippen LogP contribution in [0.25, 0.3) is 0 Å². The van der Waals surface area contributed by atoms with Crippen LogP contribution in [0.4, 0.5) is 0 Å². The van der Waals surface area contributed by atoms with E-state index < -0.39 is 0 Å². The first kappa shape index (κ1) is 15.1. The number of aliphatic hydroxyl groups excluding tert-OH is 1. The van der Waals surface area contributed by atoms with Gasteiger partial charge in [-0.3, -0.25) is 0 Å². The first-order chi connectivity index (χ1) is 9.69. The highest BCUT2D eigenvalue weighted by atomic mass is 16.5. The molecule has 1 N–H and O–H groups in total. The molecule has 0 amide bonds. The van der Waals surface area contributed by atoms with Gasteiger partial charge in [-0.05, 0) is 37.0 Å². The number of hydrogen-bond acceptors (Lipinski definition) is 4. The second kappa shape index (κ2) is 6.95. The summed E-state index contributed by atoms with van der Waals surface area (Å²) in [6, 6.07) is 5.78. The fourth-order valence-electron chi connectivity index (χ4n) is 2.93. The Balaban J connectivity index is 2.05. The minimum Gasteiger partial charge on any atom is -0.493 e.